The minimum absolute atomic E-state index is 0.150. The van der Waals surface area contributed by atoms with Crippen molar-refractivity contribution in [1.29, 1.82) is 0 Å². The number of carbonyl (C=O) groups excluding carboxylic acids is 2. The van der Waals surface area contributed by atoms with Crippen LogP contribution in [0.4, 0.5) is 0 Å². The van der Waals surface area contributed by atoms with Crippen molar-refractivity contribution in [2.75, 3.05) is 13.2 Å². The molecule has 1 atom stereocenters. The summed E-state index contributed by atoms with van der Waals surface area (Å²) in [6, 6.07) is 5.93. The van der Waals surface area contributed by atoms with Crippen molar-refractivity contribution in [3.8, 4) is 0 Å². The number of benzene rings is 1. The van der Waals surface area contributed by atoms with E-state index in [4.69, 9.17) is 4.74 Å². The first-order chi connectivity index (χ1) is 12.1. The number of carbonyl (C=O) groups is 2. The fraction of sp³-hybridized carbons (Fsp3) is 0.500. The lowest BCUT2D eigenvalue weighted by Crippen LogP contribution is -2.42. The highest BCUT2D eigenvalue weighted by molar-refractivity contribution is 7.90. The molecule has 1 aromatic carbocycles. The first-order valence-corrected chi connectivity index (χ1v) is 9.96. The minimum atomic E-state index is -3.75. The molecule has 2 aliphatic heterocycles. The smallest absolute Gasteiger partial charge is 0.329 e. The highest BCUT2D eigenvalue weighted by Gasteiger charge is 2.40. The van der Waals surface area contributed by atoms with E-state index in [1.165, 1.54) is 6.07 Å². The third-order valence-electron chi connectivity index (χ3n) is 4.59. The standard InChI is InChI=1S/C18H22N2O5S/c1-18(2,3)15(21)11-25-17(22)13-8-6-10-20(13)16-12-7-4-5-9-14(12)26(23,24)19-16/h4-5,7,9,13H,6,8,10-11H2,1-3H3. The SMILES string of the molecule is CC(C)(C)C(=O)COC(=O)C1CCCN1C1=NS(=O)(=O)c2ccccc21. The molecular formula is C18H22N2O5S. The number of ketones is 1. The van der Waals surface area contributed by atoms with Crippen LogP contribution in [0.25, 0.3) is 0 Å². The molecule has 0 aromatic heterocycles. The zero-order chi connectivity index (χ0) is 19.1. The number of sulfonamides is 1. The number of rotatable bonds is 3. The van der Waals surface area contributed by atoms with Gasteiger partial charge in [-0.2, -0.15) is 8.42 Å². The van der Waals surface area contributed by atoms with Crippen molar-refractivity contribution in [2.45, 2.75) is 44.6 Å². The van der Waals surface area contributed by atoms with Crippen LogP contribution in [-0.2, 0) is 24.3 Å². The van der Waals surface area contributed by atoms with Crippen LogP contribution < -0.4 is 0 Å². The van der Waals surface area contributed by atoms with Gasteiger partial charge in [-0.3, -0.25) is 4.79 Å². The second kappa shape index (κ2) is 6.50. The van der Waals surface area contributed by atoms with Crippen LogP contribution in [0.2, 0.25) is 0 Å². The van der Waals surface area contributed by atoms with Crippen molar-refractivity contribution in [2.24, 2.45) is 9.81 Å². The fourth-order valence-electron chi connectivity index (χ4n) is 3.01. The van der Waals surface area contributed by atoms with E-state index in [0.29, 0.717) is 24.9 Å². The maximum absolute atomic E-state index is 12.5. The molecular weight excluding hydrogens is 356 g/mol. The number of fused-ring (bicyclic) bond motifs is 1. The van der Waals surface area contributed by atoms with Gasteiger partial charge in [0.15, 0.2) is 18.2 Å². The molecule has 26 heavy (non-hydrogen) atoms. The lowest BCUT2D eigenvalue weighted by Gasteiger charge is -2.25. The molecule has 7 nitrogen and oxygen atoms in total. The number of likely N-dealkylation sites (tertiary alicyclic amines) is 1. The van der Waals surface area contributed by atoms with Crippen molar-refractivity contribution >= 4 is 27.6 Å². The number of hydrogen-bond donors (Lipinski definition) is 0. The molecule has 1 fully saturated rings. The monoisotopic (exact) mass is 378 g/mol. The molecule has 3 rings (SSSR count). The fourth-order valence-corrected chi connectivity index (χ4v) is 4.23. The average Bonchev–Trinajstić information content (AvgIpc) is 3.14. The van der Waals surface area contributed by atoms with Crippen LogP contribution in [0.5, 0.6) is 0 Å². The van der Waals surface area contributed by atoms with Gasteiger partial charge in [-0.15, -0.1) is 4.40 Å². The topological polar surface area (TPSA) is 93.1 Å². The molecule has 0 radical (unpaired) electrons. The van der Waals surface area contributed by atoms with Crippen LogP contribution in [0.15, 0.2) is 33.6 Å². The van der Waals surface area contributed by atoms with Crippen molar-refractivity contribution in [3.05, 3.63) is 29.8 Å². The van der Waals surface area contributed by atoms with E-state index < -0.39 is 27.4 Å². The first kappa shape index (κ1) is 18.6. The second-order valence-electron chi connectivity index (χ2n) is 7.52. The number of hydrogen-bond acceptors (Lipinski definition) is 6. The Hall–Kier alpha value is -2.22. The molecule has 0 bridgehead atoms. The Bertz CT molecular complexity index is 883. The molecule has 0 saturated carbocycles. The minimum Gasteiger partial charge on any atom is -0.456 e. The number of Topliss-reactive ketones (excluding diaryl/α,β-unsaturated/α-hetero) is 1. The van der Waals surface area contributed by atoms with Crippen LogP contribution >= 0.6 is 0 Å². The number of ether oxygens (including phenoxy) is 1. The number of esters is 1. The summed E-state index contributed by atoms with van der Waals surface area (Å²) in [7, 11) is -3.75. The van der Waals surface area contributed by atoms with E-state index in [1.807, 2.05) is 0 Å². The van der Waals surface area contributed by atoms with Gasteiger partial charge in [-0.25, -0.2) is 4.79 Å². The van der Waals surface area contributed by atoms with Gasteiger partial charge in [0.05, 0.1) is 0 Å². The van der Waals surface area contributed by atoms with Crippen LogP contribution in [0.3, 0.4) is 0 Å². The Balaban J connectivity index is 1.79. The summed E-state index contributed by atoms with van der Waals surface area (Å²) in [5.74, 6) is -0.409. The highest BCUT2D eigenvalue weighted by Crippen LogP contribution is 2.31. The molecule has 140 valence electrons. The zero-order valence-corrected chi connectivity index (χ0v) is 15.9. The molecule has 1 aromatic rings. The average molecular weight is 378 g/mol. The van der Waals surface area contributed by atoms with Gasteiger partial charge in [-0.05, 0) is 25.0 Å². The normalized spacial score (nSPS) is 21.3. The second-order valence-corrected chi connectivity index (χ2v) is 9.09. The number of amidine groups is 1. The quantitative estimate of drug-likeness (QED) is 0.744. The highest BCUT2D eigenvalue weighted by atomic mass is 32.2. The molecule has 0 aliphatic carbocycles. The molecule has 2 heterocycles. The maximum Gasteiger partial charge on any atom is 0.329 e. The summed E-state index contributed by atoms with van der Waals surface area (Å²) in [6.45, 7) is 5.52. The van der Waals surface area contributed by atoms with Gasteiger partial charge < -0.3 is 9.64 Å². The van der Waals surface area contributed by atoms with Gasteiger partial charge in [0.2, 0.25) is 0 Å². The summed E-state index contributed by atoms with van der Waals surface area (Å²) >= 11 is 0. The summed E-state index contributed by atoms with van der Waals surface area (Å²) in [4.78, 5) is 26.3. The summed E-state index contributed by atoms with van der Waals surface area (Å²) < 4.78 is 33.6. The lowest BCUT2D eigenvalue weighted by atomic mass is 9.91. The Morgan fingerprint density at radius 2 is 1.96 bits per heavy atom. The Labute approximate surface area is 153 Å². The predicted octanol–water partition coefficient (Wildman–Crippen LogP) is 1.76. The van der Waals surface area contributed by atoms with E-state index in [-0.39, 0.29) is 23.1 Å². The maximum atomic E-state index is 12.5. The Kier molecular flexibility index (Phi) is 4.64. The molecule has 1 unspecified atom stereocenters. The summed E-state index contributed by atoms with van der Waals surface area (Å²) in [5.41, 5.74) is -0.0870. The summed E-state index contributed by atoms with van der Waals surface area (Å²) in [5, 5.41) is 0. The molecule has 2 aliphatic rings. The van der Waals surface area contributed by atoms with Gasteiger partial charge >= 0.3 is 5.97 Å². The van der Waals surface area contributed by atoms with Gasteiger partial charge in [0.1, 0.15) is 10.9 Å². The van der Waals surface area contributed by atoms with Gasteiger partial charge in [-0.1, -0.05) is 32.9 Å². The molecule has 0 amide bonds. The third-order valence-corrected chi connectivity index (χ3v) is 5.92. The first-order valence-electron chi connectivity index (χ1n) is 8.52. The predicted molar refractivity (Wildman–Crippen MR) is 95.3 cm³/mol. The van der Waals surface area contributed by atoms with E-state index in [2.05, 4.69) is 4.40 Å². The van der Waals surface area contributed by atoms with E-state index >= 15 is 0 Å². The van der Waals surface area contributed by atoms with E-state index in [1.54, 1.807) is 43.9 Å². The Morgan fingerprint density at radius 1 is 1.27 bits per heavy atom. The van der Waals surface area contributed by atoms with Crippen LogP contribution in [0, 0.1) is 5.41 Å². The van der Waals surface area contributed by atoms with Crippen LogP contribution in [-0.4, -0.2) is 50.1 Å². The van der Waals surface area contributed by atoms with Gasteiger partial charge in [0.25, 0.3) is 10.0 Å². The van der Waals surface area contributed by atoms with E-state index in [9.17, 15) is 18.0 Å². The van der Waals surface area contributed by atoms with Crippen molar-refractivity contribution in [3.63, 3.8) is 0 Å². The molecule has 0 spiro atoms. The van der Waals surface area contributed by atoms with Gasteiger partial charge in [0, 0.05) is 17.5 Å². The molecule has 1 saturated heterocycles. The molecule has 0 N–H and O–H groups in total. The lowest BCUT2D eigenvalue weighted by molar-refractivity contribution is -0.153. The van der Waals surface area contributed by atoms with E-state index in [0.717, 1.165) is 0 Å². The molecule has 8 heteroatoms. The van der Waals surface area contributed by atoms with Crippen molar-refractivity contribution < 1.29 is 22.7 Å². The zero-order valence-electron chi connectivity index (χ0n) is 15.1. The number of nitrogens with zero attached hydrogens (tertiary/aromatic N) is 2. The summed E-state index contributed by atoms with van der Waals surface area (Å²) in [6.07, 6.45) is 1.25. The van der Waals surface area contributed by atoms with Crippen molar-refractivity contribution in [1.82, 2.24) is 4.90 Å². The Morgan fingerprint density at radius 3 is 2.65 bits per heavy atom. The largest absolute Gasteiger partial charge is 0.456 e. The van der Waals surface area contributed by atoms with Crippen LogP contribution in [0.1, 0.15) is 39.2 Å². The third kappa shape index (κ3) is 3.38.